The lowest BCUT2D eigenvalue weighted by atomic mass is 10.1. The molecule has 1 amide bonds. The van der Waals surface area contributed by atoms with Crippen molar-refractivity contribution in [2.45, 2.75) is 19.3 Å². The standard InChI is InChI=1S/C15H14ClN3O/c16-14-10-12(11-6-2-3-7-13(11)19-14)15(20)18-9-5-1-4-8-17/h2-3,6-7,10H,1,4-5,9H2,(H,18,20). The first kappa shape index (κ1) is 14.3. The molecule has 1 aromatic carbocycles. The Balaban J connectivity index is 2.12. The lowest BCUT2D eigenvalue weighted by molar-refractivity contribution is 0.0954. The van der Waals surface area contributed by atoms with Crippen molar-refractivity contribution < 1.29 is 4.79 Å². The summed E-state index contributed by atoms with van der Waals surface area (Å²) in [5.41, 5.74) is 1.23. The van der Waals surface area contributed by atoms with E-state index in [0.29, 0.717) is 29.2 Å². The van der Waals surface area contributed by atoms with Crippen LogP contribution >= 0.6 is 11.6 Å². The summed E-state index contributed by atoms with van der Waals surface area (Å²) in [6.45, 7) is 0.550. The zero-order valence-electron chi connectivity index (χ0n) is 10.9. The molecule has 0 aliphatic carbocycles. The number of aromatic nitrogens is 1. The van der Waals surface area contributed by atoms with Crippen molar-refractivity contribution in [2.24, 2.45) is 0 Å². The lowest BCUT2D eigenvalue weighted by Crippen LogP contribution is -2.24. The highest BCUT2D eigenvalue weighted by Crippen LogP contribution is 2.20. The van der Waals surface area contributed by atoms with Gasteiger partial charge in [-0.15, -0.1) is 0 Å². The van der Waals surface area contributed by atoms with Gasteiger partial charge in [-0.25, -0.2) is 4.98 Å². The number of nitrogens with one attached hydrogen (secondary N) is 1. The summed E-state index contributed by atoms with van der Waals surface area (Å²) in [5, 5.41) is 12.4. The summed E-state index contributed by atoms with van der Waals surface area (Å²) in [6.07, 6.45) is 2.09. The van der Waals surface area contributed by atoms with Crippen molar-refractivity contribution in [2.75, 3.05) is 6.54 Å². The first-order valence-electron chi connectivity index (χ1n) is 6.43. The van der Waals surface area contributed by atoms with E-state index in [2.05, 4.69) is 16.4 Å². The Morgan fingerprint density at radius 1 is 1.35 bits per heavy atom. The molecule has 0 aliphatic heterocycles. The van der Waals surface area contributed by atoms with Crippen LogP contribution < -0.4 is 5.32 Å². The monoisotopic (exact) mass is 287 g/mol. The Labute approximate surface area is 122 Å². The van der Waals surface area contributed by atoms with Gasteiger partial charge in [0, 0.05) is 18.4 Å². The van der Waals surface area contributed by atoms with E-state index >= 15 is 0 Å². The van der Waals surface area contributed by atoms with Gasteiger partial charge in [-0.1, -0.05) is 29.8 Å². The van der Waals surface area contributed by atoms with Gasteiger partial charge >= 0.3 is 0 Å². The van der Waals surface area contributed by atoms with E-state index < -0.39 is 0 Å². The molecule has 0 fully saturated rings. The van der Waals surface area contributed by atoms with Crippen molar-refractivity contribution >= 4 is 28.4 Å². The summed E-state index contributed by atoms with van der Waals surface area (Å²) in [5.74, 6) is -0.164. The SMILES string of the molecule is N#CCCCCNC(=O)c1cc(Cl)nc2ccccc12. The largest absolute Gasteiger partial charge is 0.352 e. The molecule has 4 nitrogen and oxygen atoms in total. The molecule has 0 aliphatic rings. The van der Waals surface area contributed by atoms with Gasteiger partial charge in [0.1, 0.15) is 5.15 Å². The van der Waals surface area contributed by atoms with E-state index in [1.165, 1.54) is 0 Å². The van der Waals surface area contributed by atoms with E-state index in [1.807, 2.05) is 24.3 Å². The first-order valence-corrected chi connectivity index (χ1v) is 6.80. The molecular weight excluding hydrogens is 274 g/mol. The van der Waals surface area contributed by atoms with Crippen LogP contribution in [0.4, 0.5) is 0 Å². The second kappa shape index (κ2) is 6.88. The molecule has 0 atom stereocenters. The van der Waals surface area contributed by atoms with E-state index in [0.717, 1.165) is 18.2 Å². The Kier molecular flexibility index (Phi) is 4.91. The predicted molar refractivity (Wildman–Crippen MR) is 78.6 cm³/mol. The molecule has 0 saturated heterocycles. The Morgan fingerprint density at radius 3 is 2.95 bits per heavy atom. The van der Waals surface area contributed by atoms with Crippen LogP contribution in [0.25, 0.3) is 10.9 Å². The topological polar surface area (TPSA) is 65.8 Å². The zero-order chi connectivity index (χ0) is 14.4. The molecule has 102 valence electrons. The molecule has 2 aromatic rings. The van der Waals surface area contributed by atoms with Gasteiger partial charge in [0.15, 0.2) is 0 Å². The Hall–Kier alpha value is -2.12. The smallest absolute Gasteiger partial charge is 0.252 e. The average Bonchev–Trinajstić information content (AvgIpc) is 2.46. The van der Waals surface area contributed by atoms with Gasteiger partial charge in [-0.3, -0.25) is 4.79 Å². The maximum atomic E-state index is 12.2. The third kappa shape index (κ3) is 3.46. The highest BCUT2D eigenvalue weighted by molar-refractivity contribution is 6.30. The normalized spacial score (nSPS) is 10.2. The second-order valence-electron chi connectivity index (χ2n) is 4.38. The average molecular weight is 288 g/mol. The number of rotatable bonds is 5. The molecule has 2 rings (SSSR count). The fraction of sp³-hybridized carbons (Fsp3) is 0.267. The number of pyridine rings is 1. The molecule has 0 saturated carbocycles. The molecule has 0 bridgehead atoms. The van der Waals surface area contributed by atoms with Gasteiger partial charge in [0.2, 0.25) is 0 Å². The predicted octanol–water partition coefficient (Wildman–Crippen LogP) is 3.31. The number of hydrogen-bond donors (Lipinski definition) is 1. The van der Waals surface area contributed by atoms with Crippen LogP contribution in [0.1, 0.15) is 29.6 Å². The van der Waals surface area contributed by atoms with Crippen LogP contribution in [0.3, 0.4) is 0 Å². The molecule has 0 radical (unpaired) electrons. The maximum absolute atomic E-state index is 12.2. The number of carbonyl (C=O) groups is 1. The Morgan fingerprint density at radius 2 is 2.15 bits per heavy atom. The van der Waals surface area contributed by atoms with Crippen LogP contribution in [0, 0.1) is 11.3 Å². The van der Waals surface area contributed by atoms with E-state index in [9.17, 15) is 4.79 Å². The van der Waals surface area contributed by atoms with Crippen molar-refractivity contribution in [3.8, 4) is 6.07 Å². The fourth-order valence-corrected chi connectivity index (χ4v) is 2.16. The minimum Gasteiger partial charge on any atom is -0.352 e. The van der Waals surface area contributed by atoms with Crippen LogP contribution in [-0.4, -0.2) is 17.4 Å². The molecule has 0 unspecified atom stereocenters. The third-order valence-corrected chi connectivity index (χ3v) is 3.12. The summed E-state index contributed by atoms with van der Waals surface area (Å²) in [4.78, 5) is 16.4. The van der Waals surface area contributed by atoms with E-state index in [4.69, 9.17) is 16.9 Å². The molecule has 1 aromatic heterocycles. The fourth-order valence-electron chi connectivity index (χ4n) is 1.96. The summed E-state index contributed by atoms with van der Waals surface area (Å²) >= 11 is 5.94. The number of unbranched alkanes of at least 4 members (excludes halogenated alkanes) is 2. The van der Waals surface area contributed by atoms with E-state index in [-0.39, 0.29) is 5.91 Å². The number of hydrogen-bond acceptors (Lipinski definition) is 3. The van der Waals surface area contributed by atoms with Gasteiger partial charge in [0.25, 0.3) is 5.91 Å². The van der Waals surface area contributed by atoms with Crippen molar-refractivity contribution in [1.29, 1.82) is 5.26 Å². The summed E-state index contributed by atoms with van der Waals surface area (Å²) in [7, 11) is 0. The van der Waals surface area contributed by atoms with Crippen LogP contribution in [0.15, 0.2) is 30.3 Å². The second-order valence-corrected chi connectivity index (χ2v) is 4.77. The summed E-state index contributed by atoms with van der Waals surface area (Å²) in [6, 6.07) is 11.1. The number of fused-ring (bicyclic) bond motifs is 1. The highest BCUT2D eigenvalue weighted by Gasteiger charge is 2.11. The zero-order valence-corrected chi connectivity index (χ0v) is 11.7. The number of carbonyl (C=O) groups excluding carboxylic acids is 1. The lowest BCUT2D eigenvalue weighted by Gasteiger charge is -2.08. The van der Waals surface area contributed by atoms with Gasteiger partial charge in [0.05, 0.1) is 17.1 Å². The molecule has 5 heteroatoms. The molecular formula is C15H14ClN3O. The number of benzene rings is 1. The van der Waals surface area contributed by atoms with E-state index in [1.54, 1.807) is 6.07 Å². The quantitative estimate of drug-likeness (QED) is 0.678. The van der Waals surface area contributed by atoms with Crippen molar-refractivity contribution in [1.82, 2.24) is 10.3 Å². The first-order chi connectivity index (χ1) is 9.72. The number of halogens is 1. The molecule has 20 heavy (non-hydrogen) atoms. The minimum atomic E-state index is -0.164. The third-order valence-electron chi connectivity index (χ3n) is 2.93. The van der Waals surface area contributed by atoms with Crippen LogP contribution in [0.5, 0.6) is 0 Å². The minimum absolute atomic E-state index is 0.164. The number of nitrogens with zero attached hydrogens (tertiary/aromatic N) is 2. The van der Waals surface area contributed by atoms with Crippen molar-refractivity contribution in [3.05, 3.63) is 41.0 Å². The summed E-state index contributed by atoms with van der Waals surface area (Å²) < 4.78 is 0. The highest BCUT2D eigenvalue weighted by atomic mass is 35.5. The number of para-hydroxylation sites is 1. The van der Waals surface area contributed by atoms with Crippen LogP contribution in [0.2, 0.25) is 5.15 Å². The number of nitriles is 1. The Bertz CT molecular complexity index is 664. The molecule has 1 N–H and O–H groups in total. The van der Waals surface area contributed by atoms with Gasteiger partial charge in [-0.05, 0) is 25.0 Å². The maximum Gasteiger partial charge on any atom is 0.252 e. The van der Waals surface area contributed by atoms with Crippen molar-refractivity contribution in [3.63, 3.8) is 0 Å². The van der Waals surface area contributed by atoms with Gasteiger partial charge < -0.3 is 5.32 Å². The molecule has 0 spiro atoms. The van der Waals surface area contributed by atoms with Gasteiger partial charge in [-0.2, -0.15) is 5.26 Å². The van der Waals surface area contributed by atoms with Crippen LogP contribution in [-0.2, 0) is 0 Å². The molecule has 1 heterocycles. The number of amides is 1.